The second-order valence-corrected chi connectivity index (χ2v) is 11.6. The molecule has 0 radical (unpaired) electrons. The first-order valence-electron chi connectivity index (χ1n) is 10.6. The van der Waals surface area contributed by atoms with Gasteiger partial charge in [-0.3, -0.25) is 4.79 Å². The Morgan fingerprint density at radius 2 is 1.90 bits per heavy atom. The largest absolute Gasteiger partial charge is 0.379 e. The van der Waals surface area contributed by atoms with Crippen molar-refractivity contribution in [3.63, 3.8) is 0 Å². The van der Waals surface area contributed by atoms with Gasteiger partial charge in [0.1, 0.15) is 0 Å². The zero-order valence-corrected chi connectivity index (χ0v) is 18.6. The van der Waals surface area contributed by atoms with Gasteiger partial charge in [-0.15, -0.1) is 0 Å². The molecule has 4 rings (SSSR count). The molecule has 6 nitrogen and oxygen atoms in total. The molecule has 2 bridgehead atoms. The highest BCUT2D eigenvalue weighted by Gasteiger charge is 2.61. The van der Waals surface area contributed by atoms with Crippen LogP contribution in [0.5, 0.6) is 0 Å². The second-order valence-electron chi connectivity index (χ2n) is 9.63. The summed E-state index contributed by atoms with van der Waals surface area (Å²) in [5.41, 5.74) is 1.53. The van der Waals surface area contributed by atoms with Crippen molar-refractivity contribution in [2.45, 2.75) is 57.9 Å². The summed E-state index contributed by atoms with van der Waals surface area (Å²) in [4.78, 5) is 13.3. The van der Waals surface area contributed by atoms with Gasteiger partial charge in [0.15, 0.2) is 0 Å². The van der Waals surface area contributed by atoms with Gasteiger partial charge in [-0.1, -0.05) is 26.8 Å². The van der Waals surface area contributed by atoms with Crippen molar-refractivity contribution in [2.75, 3.05) is 26.3 Å². The van der Waals surface area contributed by atoms with Crippen LogP contribution in [0.3, 0.4) is 0 Å². The van der Waals surface area contributed by atoms with Crippen LogP contribution in [0, 0.1) is 23.7 Å². The Balaban J connectivity index is 1.58. The number of carbonyl (C=O) groups excluding carboxylic acids is 1. The fourth-order valence-corrected chi connectivity index (χ4v) is 7.03. The lowest BCUT2D eigenvalue weighted by molar-refractivity contribution is 0.0730. The smallest absolute Gasteiger partial charge is 0.251 e. The number of sulfonamides is 1. The highest BCUT2D eigenvalue weighted by molar-refractivity contribution is 7.89. The molecular formula is C22H32N2O4S. The van der Waals surface area contributed by atoms with Crippen LogP contribution in [0.4, 0.5) is 0 Å². The standard InChI is InChI=1S/C22H32N2O4S/c1-15-5-6-17(29(26,27)24-9-11-28-12-10-24)14-18(15)20(25)23-19-13-16-7-8-22(19,4)21(16,2)3/h5-6,14,16,19H,7-13H2,1-4H3,(H,23,25). The van der Waals surface area contributed by atoms with E-state index in [4.69, 9.17) is 4.74 Å². The van der Waals surface area contributed by atoms with E-state index in [0.29, 0.717) is 37.8 Å². The predicted molar refractivity (Wildman–Crippen MR) is 111 cm³/mol. The maximum atomic E-state index is 13.2. The number of rotatable bonds is 4. The summed E-state index contributed by atoms with van der Waals surface area (Å²) >= 11 is 0. The lowest BCUT2D eigenvalue weighted by Gasteiger charge is -2.39. The Kier molecular flexibility index (Phi) is 5.07. The maximum Gasteiger partial charge on any atom is 0.251 e. The SMILES string of the molecule is Cc1ccc(S(=O)(=O)N2CCOCC2)cc1C(=O)NC1CC2CCC1(C)C2(C)C. The molecule has 1 saturated heterocycles. The van der Waals surface area contributed by atoms with Crippen LogP contribution in [0.15, 0.2) is 23.1 Å². The van der Waals surface area contributed by atoms with E-state index in [9.17, 15) is 13.2 Å². The van der Waals surface area contributed by atoms with E-state index < -0.39 is 10.0 Å². The Bertz CT molecular complexity index is 921. The molecule has 0 aromatic heterocycles. The Labute approximate surface area is 174 Å². The minimum atomic E-state index is -3.63. The predicted octanol–water partition coefficient (Wildman–Crippen LogP) is 2.96. The van der Waals surface area contributed by atoms with Crippen molar-refractivity contribution >= 4 is 15.9 Å². The molecular weight excluding hydrogens is 388 g/mol. The summed E-state index contributed by atoms with van der Waals surface area (Å²) in [7, 11) is -3.63. The summed E-state index contributed by atoms with van der Waals surface area (Å²) in [6, 6.07) is 4.99. The first-order valence-corrected chi connectivity index (χ1v) is 12.0. The molecule has 0 spiro atoms. The molecule has 1 aromatic rings. The molecule has 3 fully saturated rings. The Morgan fingerprint density at radius 3 is 2.48 bits per heavy atom. The molecule has 1 N–H and O–H groups in total. The van der Waals surface area contributed by atoms with E-state index in [1.807, 2.05) is 6.92 Å². The van der Waals surface area contributed by atoms with Gasteiger partial charge in [0.25, 0.3) is 5.91 Å². The number of fused-ring (bicyclic) bond motifs is 2. The van der Waals surface area contributed by atoms with E-state index >= 15 is 0 Å². The summed E-state index contributed by atoms with van der Waals surface area (Å²) < 4.78 is 32.7. The van der Waals surface area contributed by atoms with Crippen LogP contribution >= 0.6 is 0 Å². The molecule has 29 heavy (non-hydrogen) atoms. The van der Waals surface area contributed by atoms with Crippen LogP contribution in [-0.2, 0) is 14.8 Å². The lowest BCUT2D eigenvalue weighted by Crippen LogP contribution is -2.47. The fourth-order valence-electron chi connectivity index (χ4n) is 5.60. The average molecular weight is 421 g/mol. The Hall–Kier alpha value is -1.44. The van der Waals surface area contributed by atoms with Crippen LogP contribution in [0.1, 0.15) is 56.0 Å². The van der Waals surface area contributed by atoms with Crippen LogP contribution in [0.25, 0.3) is 0 Å². The van der Waals surface area contributed by atoms with Gasteiger partial charge < -0.3 is 10.1 Å². The van der Waals surface area contributed by atoms with E-state index in [2.05, 4.69) is 26.1 Å². The van der Waals surface area contributed by atoms with Gasteiger partial charge in [0.2, 0.25) is 10.0 Å². The zero-order chi connectivity index (χ0) is 21.0. The number of benzene rings is 1. The van der Waals surface area contributed by atoms with Crippen LogP contribution in [-0.4, -0.2) is 51.0 Å². The first-order chi connectivity index (χ1) is 13.6. The number of aryl methyl sites for hydroxylation is 1. The van der Waals surface area contributed by atoms with E-state index in [1.54, 1.807) is 12.1 Å². The van der Waals surface area contributed by atoms with Gasteiger partial charge in [-0.25, -0.2) is 8.42 Å². The third-order valence-corrected chi connectivity index (χ3v) is 10.1. The number of nitrogens with zero attached hydrogens (tertiary/aromatic N) is 1. The maximum absolute atomic E-state index is 13.2. The highest BCUT2D eigenvalue weighted by atomic mass is 32.2. The minimum Gasteiger partial charge on any atom is -0.379 e. The highest BCUT2D eigenvalue weighted by Crippen LogP contribution is 2.65. The van der Waals surface area contributed by atoms with Gasteiger partial charge in [-0.05, 0) is 60.6 Å². The van der Waals surface area contributed by atoms with Gasteiger partial charge >= 0.3 is 0 Å². The van der Waals surface area contributed by atoms with Gasteiger partial charge in [-0.2, -0.15) is 4.31 Å². The van der Waals surface area contributed by atoms with E-state index in [-0.39, 0.29) is 27.7 Å². The summed E-state index contributed by atoms with van der Waals surface area (Å²) in [5, 5.41) is 3.25. The molecule has 1 aliphatic heterocycles. The summed E-state index contributed by atoms with van der Waals surface area (Å²) in [6.07, 6.45) is 3.35. The average Bonchev–Trinajstić information content (AvgIpc) is 3.02. The van der Waals surface area contributed by atoms with Crippen molar-refractivity contribution in [3.05, 3.63) is 29.3 Å². The summed E-state index contributed by atoms with van der Waals surface area (Å²) in [6.45, 7) is 10.3. The van der Waals surface area contributed by atoms with E-state index in [0.717, 1.165) is 18.4 Å². The van der Waals surface area contributed by atoms with E-state index in [1.165, 1.54) is 16.8 Å². The molecule has 2 aliphatic carbocycles. The quantitative estimate of drug-likeness (QED) is 0.813. The molecule has 2 saturated carbocycles. The van der Waals surface area contributed by atoms with Crippen molar-refractivity contribution in [2.24, 2.45) is 16.7 Å². The van der Waals surface area contributed by atoms with Crippen LogP contribution < -0.4 is 5.32 Å². The lowest BCUT2D eigenvalue weighted by atomic mass is 9.69. The number of nitrogens with one attached hydrogen (secondary N) is 1. The number of ether oxygens (including phenoxy) is 1. The molecule has 160 valence electrons. The molecule has 7 heteroatoms. The third-order valence-electron chi connectivity index (χ3n) is 8.16. The number of morpholine rings is 1. The number of carbonyl (C=O) groups is 1. The minimum absolute atomic E-state index is 0.0821. The first kappa shape index (κ1) is 20.8. The normalized spacial score (nSPS) is 31.7. The second kappa shape index (κ2) is 7.06. The number of hydrogen-bond acceptors (Lipinski definition) is 4. The number of amides is 1. The fraction of sp³-hybridized carbons (Fsp3) is 0.682. The molecule has 3 atom stereocenters. The zero-order valence-electron chi connectivity index (χ0n) is 17.8. The third kappa shape index (κ3) is 3.22. The Morgan fingerprint density at radius 1 is 1.21 bits per heavy atom. The summed E-state index contributed by atoms with van der Waals surface area (Å²) in [5.74, 6) is 0.461. The topological polar surface area (TPSA) is 75.7 Å². The number of hydrogen-bond donors (Lipinski definition) is 1. The van der Waals surface area contributed by atoms with Crippen molar-refractivity contribution in [1.29, 1.82) is 0 Å². The molecule has 1 heterocycles. The van der Waals surface area contributed by atoms with Crippen molar-refractivity contribution in [1.82, 2.24) is 9.62 Å². The molecule has 1 amide bonds. The van der Waals surface area contributed by atoms with Gasteiger partial charge in [0.05, 0.1) is 18.1 Å². The molecule has 3 aliphatic rings. The van der Waals surface area contributed by atoms with Crippen molar-refractivity contribution in [3.8, 4) is 0 Å². The van der Waals surface area contributed by atoms with Gasteiger partial charge in [0, 0.05) is 24.7 Å². The van der Waals surface area contributed by atoms with Crippen molar-refractivity contribution < 1.29 is 17.9 Å². The van der Waals surface area contributed by atoms with Crippen LogP contribution in [0.2, 0.25) is 0 Å². The molecule has 1 aromatic carbocycles. The monoisotopic (exact) mass is 420 g/mol. The molecule has 3 unspecified atom stereocenters.